The molecule has 146 valence electrons. The van der Waals surface area contributed by atoms with Crippen LogP contribution in [0.15, 0.2) is 29.4 Å². The van der Waals surface area contributed by atoms with Gasteiger partial charge in [-0.25, -0.2) is 0 Å². The van der Waals surface area contributed by atoms with Gasteiger partial charge in [0.25, 0.3) is 0 Å². The Hall–Kier alpha value is -3.29. The quantitative estimate of drug-likeness (QED) is 0.783. The van der Waals surface area contributed by atoms with E-state index in [2.05, 4.69) is 5.16 Å². The van der Waals surface area contributed by atoms with Crippen LogP contribution in [0.1, 0.15) is 17.5 Å². The van der Waals surface area contributed by atoms with Crippen molar-refractivity contribution in [1.82, 2.24) is 0 Å². The molecule has 0 saturated carbocycles. The van der Waals surface area contributed by atoms with E-state index < -0.39 is 0 Å². The molecule has 0 fully saturated rings. The van der Waals surface area contributed by atoms with Crippen LogP contribution in [0.5, 0.6) is 34.5 Å². The zero-order valence-electron chi connectivity index (χ0n) is 15.5. The van der Waals surface area contributed by atoms with Crippen LogP contribution in [-0.2, 0) is 11.3 Å². The van der Waals surface area contributed by atoms with Gasteiger partial charge in [0, 0.05) is 18.4 Å². The molecule has 8 heteroatoms. The van der Waals surface area contributed by atoms with Crippen LogP contribution in [0.2, 0.25) is 0 Å². The van der Waals surface area contributed by atoms with Gasteiger partial charge in [0.1, 0.15) is 6.10 Å². The zero-order valence-corrected chi connectivity index (χ0v) is 15.5. The number of ether oxygens (including phenoxy) is 6. The molecule has 5 rings (SSSR count). The molecule has 0 amide bonds. The summed E-state index contributed by atoms with van der Waals surface area (Å²) in [6.45, 7) is 0.390. The number of oxime groups is 1. The maximum atomic E-state index is 5.67. The Morgan fingerprint density at radius 3 is 2.29 bits per heavy atom. The van der Waals surface area contributed by atoms with Crippen LogP contribution in [0.4, 0.5) is 0 Å². The van der Waals surface area contributed by atoms with E-state index in [1.807, 2.05) is 24.3 Å². The highest BCUT2D eigenvalue weighted by Gasteiger charge is 2.28. The van der Waals surface area contributed by atoms with E-state index in [4.69, 9.17) is 33.3 Å². The third-order valence-corrected chi connectivity index (χ3v) is 4.91. The lowest BCUT2D eigenvalue weighted by atomic mass is 9.99. The molecule has 2 aromatic carbocycles. The zero-order chi connectivity index (χ0) is 19.1. The van der Waals surface area contributed by atoms with E-state index in [0.717, 1.165) is 16.8 Å². The molecule has 0 aliphatic carbocycles. The Bertz CT molecular complexity index is 956. The van der Waals surface area contributed by atoms with Crippen LogP contribution >= 0.6 is 0 Å². The third-order valence-electron chi connectivity index (χ3n) is 4.91. The standard InChI is InChI=1S/C20H19NO7/c1-22-15-4-11(5-17-19(15)26-9-24-17)3-13-8-14(21-28-13)12-6-16(23-2)20-18(7-12)25-10-27-20/h4-7,13H,3,8-10H2,1-2H3. The highest BCUT2D eigenvalue weighted by molar-refractivity contribution is 6.02. The van der Waals surface area contributed by atoms with Crippen molar-refractivity contribution < 1.29 is 33.3 Å². The molecule has 3 aliphatic heterocycles. The van der Waals surface area contributed by atoms with E-state index in [-0.39, 0.29) is 19.7 Å². The van der Waals surface area contributed by atoms with Crippen LogP contribution in [0, 0.1) is 0 Å². The van der Waals surface area contributed by atoms with Crippen molar-refractivity contribution in [3.8, 4) is 34.5 Å². The van der Waals surface area contributed by atoms with Gasteiger partial charge in [-0.15, -0.1) is 0 Å². The highest BCUT2D eigenvalue weighted by Crippen LogP contribution is 2.44. The molecule has 3 heterocycles. The second kappa shape index (κ2) is 6.70. The number of nitrogens with zero attached hydrogens (tertiary/aromatic N) is 1. The highest BCUT2D eigenvalue weighted by atomic mass is 16.7. The lowest BCUT2D eigenvalue weighted by Gasteiger charge is -2.11. The van der Waals surface area contributed by atoms with Gasteiger partial charge in [0.15, 0.2) is 23.0 Å². The van der Waals surface area contributed by atoms with Crippen LogP contribution in [0.3, 0.4) is 0 Å². The Morgan fingerprint density at radius 1 is 0.893 bits per heavy atom. The summed E-state index contributed by atoms with van der Waals surface area (Å²) in [5, 5.41) is 4.28. The largest absolute Gasteiger partial charge is 0.493 e. The lowest BCUT2D eigenvalue weighted by Crippen LogP contribution is -2.12. The average Bonchev–Trinajstić information content (AvgIpc) is 3.46. The molecule has 1 atom stereocenters. The Morgan fingerprint density at radius 2 is 1.57 bits per heavy atom. The van der Waals surface area contributed by atoms with Crippen molar-refractivity contribution in [3.63, 3.8) is 0 Å². The lowest BCUT2D eigenvalue weighted by molar-refractivity contribution is 0.0858. The number of fused-ring (bicyclic) bond motifs is 2. The molecule has 0 bridgehead atoms. The minimum Gasteiger partial charge on any atom is -0.493 e. The van der Waals surface area contributed by atoms with E-state index in [0.29, 0.717) is 47.3 Å². The van der Waals surface area contributed by atoms with Crippen molar-refractivity contribution in [3.05, 3.63) is 35.4 Å². The van der Waals surface area contributed by atoms with Gasteiger partial charge < -0.3 is 33.3 Å². The van der Waals surface area contributed by atoms with Crippen molar-refractivity contribution in [2.75, 3.05) is 27.8 Å². The third kappa shape index (κ3) is 2.81. The maximum Gasteiger partial charge on any atom is 0.231 e. The Balaban J connectivity index is 1.33. The molecular weight excluding hydrogens is 366 g/mol. The van der Waals surface area contributed by atoms with Gasteiger partial charge >= 0.3 is 0 Å². The molecule has 0 N–H and O–H groups in total. The number of rotatable bonds is 5. The minimum absolute atomic E-state index is 0.0866. The Labute approximate surface area is 161 Å². The molecule has 3 aliphatic rings. The monoisotopic (exact) mass is 385 g/mol. The smallest absolute Gasteiger partial charge is 0.231 e. The molecular formula is C20H19NO7. The van der Waals surface area contributed by atoms with Gasteiger partial charge in [0.05, 0.1) is 19.9 Å². The van der Waals surface area contributed by atoms with Crippen molar-refractivity contribution in [2.24, 2.45) is 5.16 Å². The number of hydrogen-bond donors (Lipinski definition) is 0. The van der Waals surface area contributed by atoms with Gasteiger partial charge in [-0.2, -0.15) is 0 Å². The first-order chi connectivity index (χ1) is 13.7. The fraction of sp³-hybridized carbons (Fsp3) is 0.350. The molecule has 8 nitrogen and oxygen atoms in total. The fourth-order valence-corrected chi connectivity index (χ4v) is 3.57. The number of hydrogen-bond acceptors (Lipinski definition) is 8. The summed E-state index contributed by atoms with van der Waals surface area (Å²) in [4.78, 5) is 5.67. The first kappa shape index (κ1) is 16.9. The maximum absolute atomic E-state index is 5.67. The number of methoxy groups -OCH3 is 2. The topological polar surface area (TPSA) is 77.0 Å². The molecule has 0 saturated heterocycles. The summed E-state index contributed by atoms with van der Waals surface area (Å²) in [6.07, 6.45) is 1.25. The predicted molar refractivity (Wildman–Crippen MR) is 98.0 cm³/mol. The summed E-state index contributed by atoms with van der Waals surface area (Å²) in [6, 6.07) is 7.69. The van der Waals surface area contributed by atoms with Crippen LogP contribution in [0.25, 0.3) is 0 Å². The SMILES string of the molecule is COc1cc(CC2CC(c3cc(OC)c4c(c3)OCO4)=NO2)cc2c1OCO2. The number of benzene rings is 2. The van der Waals surface area contributed by atoms with Gasteiger partial charge in [-0.05, 0) is 29.8 Å². The summed E-state index contributed by atoms with van der Waals surface area (Å²) < 4.78 is 32.7. The van der Waals surface area contributed by atoms with Gasteiger partial charge in [-0.3, -0.25) is 0 Å². The van der Waals surface area contributed by atoms with E-state index in [9.17, 15) is 0 Å². The van der Waals surface area contributed by atoms with Crippen LogP contribution < -0.4 is 28.4 Å². The minimum atomic E-state index is -0.0866. The molecule has 1 unspecified atom stereocenters. The molecule has 2 aromatic rings. The summed E-state index contributed by atoms with van der Waals surface area (Å²) in [5.74, 6) is 3.88. The second-order valence-corrected chi connectivity index (χ2v) is 6.62. The predicted octanol–water partition coefficient (Wildman–Crippen LogP) is 2.90. The summed E-state index contributed by atoms with van der Waals surface area (Å²) >= 11 is 0. The second-order valence-electron chi connectivity index (χ2n) is 6.62. The fourth-order valence-electron chi connectivity index (χ4n) is 3.57. The van der Waals surface area contributed by atoms with Crippen molar-refractivity contribution in [2.45, 2.75) is 18.9 Å². The van der Waals surface area contributed by atoms with E-state index in [1.54, 1.807) is 14.2 Å². The summed E-state index contributed by atoms with van der Waals surface area (Å²) in [5.41, 5.74) is 2.77. The van der Waals surface area contributed by atoms with Gasteiger partial charge in [-0.1, -0.05) is 5.16 Å². The Kier molecular flexibility index (Phi) is 4.03. The average molecular weight is 385 g/mol. The van der Waals surface area contributed by atoms with E-state index in [1.165, 1.54) is 0 Å². The normalized spacial score (nSPS) is 18.6. The van der Waals surface area contributed by atoms with Crippen molar-refractivity contribution in [1.29, 1.82) is 0 Å². The summed E-state index contributed by atoms with van der Waals surface area (Å²) in [7, 11) is 3.21. The van der Waals surface area contributed by atoms with Crippen molar-refractivity contribution >= 4 is 5.71 Å². The molecule has 28 heavy (non-hydrogen) atoms. The van der Waals surface area contributed by atoms with Gasteiger partial charge in [0.2, 0.25) is 25.1 Å². The van der Waals surface area contributed by atoms with Crippen LogP contribution in [-0.4, -0.2) is 39.6 Å². The molecule has 0 aromatic heterocycles. The first-order valence-corrected chi connectivity index (χ1v) is 8.92. The first-order valence-electron chi connectivity index (χ1n) is 8.92. The molecule has 0 radical (unpaired) electrons. The van der Waals surface area contributed by atoms with E-state index >= 15 is 0 Å². The molecule has 0 spiro atoms.